The van der Waals surface area contributed by atoms with Gasteiger partial charge in [0.2, 0.25) is 0 Å². The van der Waals surface area contributed by atoms with Crippen LogP contribution < -0.4 is 5.32 Å². The second kappa shape index (κ2) is 8.30. The van der Waals surface area contributed by atoms with Gasteiger partial charge < -0.3 is 5.32 Å². The summed E-state index contributed by atoms with van der Waals surface area (Å²) in [5.74, 6) is -0.407. The molecule has 0 atom stereocenters. The van der Waals surface area contributed by atoms with Gasteiger partial charge in [-0.3, -0.25) is 14.9 Å². The van der Waals surface area contributed by atoms with Gasteiger partial charge in [0.1, 0.15) is 5.69 Å². The average molecular weight is 463 g/mol. The first-order valence-electron chi connectivity index (χ1n) is 8.98. The molecule has 1 aromatic heterocycles. The highest BCUT2D eigenvalue weighted by atomic mass is 79.9. The summed E-state index contributed by atoms with van der Waals surface area (Å²) in [5.41, 5.74) is 2.69. The molecule has 0 aliphatic rings. The molecular weight excluding hydrogens is 448 g/mol. The zero-order valence-electron chi connectivity index (χ0n) is 15.5. The van der Waals surface area contributed by atoms with E-state index in [1.807, 2.05) is 54.6 Å². The lowest BCUT2D eigenvalue weighted by Gasteiger charge is -2.05. The predicted octanol–water partition coefficient (Wildman–Crippen LogP) is 5.46. The molecule has 4 rings (SSSR count). The van der Waals surface area contributed by atoms with Crippen LogP contribution in [0.5, 0.6) is 0 Å². The number of hydrogen-bond donors (Lipinski definition) is 1. The zero-order valence-corrected chi connectivity index (χ0v) is 17.1. The van der Waals surface area contributed by atoms with Gasteiger partial charge in [0, 0.05) is 34.1 Å². The number of para-hydroxylation sites is 1. The monoisotopic (exact) mass is 462 g/mol. The van der Waals surface area contributed by atoms with Crippen molar-refractivity contribution < 1.29 is 9.72 Å². The summed E-state index contributed by atoms with van der Waals surface area (Å²) >= 11 is 3.41. The zero-order chi connectivity index (χ0) is 21.1. The van der Waals surface area contributed by atoms with E-state index in [9.17, 15) is 14.9 Å². The Morgan fingerprint density at radius 1 is 1.00 bits per heavy atom. The maximum Gasteiger partial charge on any atom is 0.271 e. The quantitative estimate of drug-likeness (QED) is 0.314. The Balaban J connectivity index is 1.74. The maximum atomic E-state index is 13.1. The van der Waals surface area contributed by atoms with Crippen molar-refractivity contribution in [3.05, 3.63) is 105 Å². The van der Waals surface area contributed by atoms with E-state index in [0.717, 1.165) is 15.7 Å². The summed E-state index contributed by atoms with van der Waals surface area (Å²) in [6.45, 7) is 0. The van der Waals surface area contributed by atoms with Crippen LogP contribution in [0.15, 0.2) is 89.5 Å². The van der Waals surface area contributed by atoms with Gasteiger partial charge in [0.15, 0.2) is 0 Å². The molecule has 7 nitrogen and oxygen atoms in total. The molecule has 0 saturated heterocycles. The second-order valence-corrected chi connectivity index (χ2v) is 7.36. The van der Waals surface area contributed by atoms with Crippen molar-refractivity contribution in [2.45, 2.75) is 0 Å². The van der Waals surface area contributed by atoms with Gasteiger partial charge in [-0.25, -0.2) is 4.68 Å². The number of non-ortho nitro benzene ring substituents is 1. The molecule has 1 heterocycles. The highest BCUT2D eigenvalue weighted by Crippen LogP contribution is 2.27. The van der Waals surface area contributed by atoms with Gasteiger partial charge >= 0.3 is 0 Å². The fourth-order valence-corrected chi connectivity index (χ4v) is 3.23. The summed E-state index contributed by atoms with van der Waals surface area (Å²) in [6, 6.07) is 22.8. The van der Waals surface area contributed by atoms with Gasteiger partial charge in [0.05, 0.1) is 16.2 Å². The number of nitro benzene ring substituents is 1. The largest absolute Gasteiger partial charge is 0.322 e. The number of nitrogens with one attached hydrogen (secondary N) is 1. The number of carbonyl (C=O) groups excluding carboxylic acids is 1. The van der Waals surface area contributed by atoms with Crippen molar-refractivity contribution in [3.63, 3.8) is 0 Å². The van der Waals surface area contributed by atoms with Crippen LogP contribution in [0.4, 0.5) is 11.4 Å². The molecular formula is C22H15BrN4O3. The van der Waals surface area contributed by atoms with E-state index in [1.54, 1.807) is 16.9 Å². The molecule has 8 heteroatoms. The second-order valence-electron chi connectivity index (χ2n) is 6.44. The van der Waals surface area contributed by atoms with Gasteiger partial charge in [-0.2, -0.15) is 5.10 Å². The summed E-state index contributed by atoms with van der Waals surface area (Å²) in [7, 11) is 0. The van der Waals surface area contributed by atoms with E-state index < -0.39 is 10.8 Å². The molecule has 30 heavy (non-hydrogen) atoms. The van der Waals surface area contributed by atoms with Crippen LogP contribution >= 0.6 is 15.9 Å². The van der Waals surface area contributed by atoms with E-state index in [4.69, 9.17) is 0 Å². The summed E-state index contributed by atoms with van der Waals surface area (Å²) in [6.07, 6.45) is 1.65. The number of halogens is 1. The number of aromatic nitrogens is 2. The van der Waals surface area contributed by atoms with Gasteiger partial charge in [0.25, 0.3) is 11.6 Å². The first kappa shape index (κ1) is 19.5. The third-order valence-corrected chi connectivity index (χ3v) is 4.94. The SMILES string of the molecule is O=C(Nc1cccc([N+](=O)[O-])c1)c1cn(-c2ccccc2)nc1-c1ccc(Br)cc1. The molecule has 0 fully saturated rings. The van der Waals surface area contributed by atoms with E-state index in [2.05, 4.69) is 26.3 Å². The molecule has 0 aliphatic heterocycles. The smallest absolute Gasteiger partial charge is 0.271 e. The standard InChI is InChI=1S/C22H15BrN4O3/c23-16-11-9-15(10-12-16)21-20(14-26(25-21)18-6-2-1-3-7-18)22(28)24-17-5-4-8-19(13-17)27(29)30/h1-14H,(H,24,28). The van der Waals surface area contributed by atoms with Gasteiger partial charge in [-0.05, 0) is 30.3 Å². The predicted molar refractivity (Wildman–Crippen MR) is 118 cm³/mol. The van der Waals surface area contributed by atoms with Crippen LogP contribution in [0, 0.1) is 10.1 Å². The van der Waals surface area contributed by atoms with E-state index >= 15 is 0 Å². The van der Waals surface area contributed by atoms with Crippen molar-refractivity contribution in [3.8, 4) is 16.9 Å². The van der Waals surface area contributed by atoms with Crippen LogP contribution in [0.2, 0.25) is 0 Å². The van der Waals surface area contributed by atoms with Crippen LogP contribution in [0.25, 0.3) is 16.9 Å². The molecule has 0 aliphatic carbocycles. The van der Waals surface area contributed by atoms with Crippen molar-refractivity contribution >= 4 is 33.2 Å². The fraction of sp³-hybridized carbons (Fsp3) is 0. The molecule has 3 aromatic carbocycles. The minimum Gasteiger partial charge on any atom is -0.322 e. The summed E-state index contributed by atoms with van der Waals surface area (Å²) in [4.78, 5) is 23.6. The van der Waals surface area contributed by atoms with Crippen molar-refractivity contribution in [2.75, 3.05) is 5.32 Å². The lowest BCUT2D eigenvalue weighted by Crippen LogP contribution is -2.12. The van der Waals surface area contributed by atoms with Crippen LogP contribution in [0.3, 0.4) is 0 Å². The number of nitro groups is 1. The van der Waals surface area contributed by atoms with Crippen molar-refractivity contribution in [2.24, 2.45) is 0 Å². The Hall–Kier alpha value is -3.78. The van der Waals surface area contributed by atoms with Crippen LogP contribution in [0.1, 0.15) is 10.4 Å². The Labute approximate surface area is 180 Å². The Morgan fingerprint density at radius 2 is 1.73 bits per heavy atom. The number of hydrogen-bond acceptors (Lipinski definition) is 4. The number of nitrogens with zero attached hydrogens (tertiary/aromatic N) is 3. The molecule has 0 saturated carbocycles. The van der Waals surface area contributed by atoms with E-state index in [0.29, 0.717) is 16.9 Å². The molecule has 0 bridgehead atoms. The van der Waals surface area contributed by atoms with Crippen LogP contribution in [-0.4, -0.2) is 20.6 Å². The molecule has 1 amide bonds. The fourth-order valence-electron chi connectivity index (χ4n) is 2.97. The molecule has 4 aromatic rings. The number of carbonyl (C=O) groups is 1. The molecule has 0 spiro atoms. The molecule has 148 valence electrons. The van der Waals surface area contributed by atoms with E-state index in [-0.39, 0.29) is 5.69 Å². The maximum absolute atomic E-state index is 13.1. The Bertz CT molecular complexity index is 1220. The number of benzene rings is 3. The van der Waals surface area contributed by atoms with Crippen LogP contribution in [-0.2, 0) is 0 Å². The normalized spacial score (nSPS) is 10.6. The summed E-state index contributed by atoms with van der Waals surface area (Å²) < 4.78 is 2.55. The third-order valence-electron chi connectivity index (χ3n) is 4.41. The topological polar surface area (TPSA) is 90.1 Å². The first-order valence-corrected chi connectivity index (χ1v) is 9.77. The Morgan fingerprint density at radius 3 is 2.43 bits per heavy atom. The van der Waals surface area contributed by atoms with Gasteiger partial charge in [-0.1, -0.05) is 52.3 Å². The average Bonchev–Trinajstić information content (AvgIpc) is 3.21. The molecule has 0 radical (unpaired) electrons. The van der Waals surface area contributed by atoms with E-state index in [1.165, 1.54) is 18.2 Å². The molecule has 1 N–H and O–H groups in total. The lowest BCUT2D eigenvalue weighted by molar-refractivity contribution is -0.384. The number of amides is 1. The highest BCUT2D eigenvalue weighted by Gasteiger charge is 2.19. The third kappa shape index (κ3) is 4.13. The Kier molecular flexibility index (Phi) is 5.40. The minimum absolute atomic E-state index is 0.0964. The lowest BCUT2D eigenvalue weighted by atomic mass is 10.1. The van der Waals surface area contributed by atoms with Crippen molar-refractivity contribution in [1.29, 1.82) is 0 Å². The van der Waals surface area contributed by atoms with Gasteiger partial charge in [-0.15, -0.1) is 0 Å². The highest BCUT2D eigenvalue weighted by molar-refractivity contribution is 9.10. The number of anilines is 1. The van der Waals surface area contributed by atoms with Crippen molar-refractivity contribution in [1.82, 2.24) is 9.78 Å². The summed E-state index contributed by atoms with van der Waals surface area (Å²) in [5, 5.41) is 18.4. The molecule has 0 unspecified atom stereocenters. The minimum atomic E-state index is -0.504. The number of rotatable bonds is 5. The first-order chi connectivity index (χ1) is 14.5.